The molecule has 4 nitrogen and oxygen atoms in total. The number of ether oxygens (including phenoxy) is 2. The second-order valence-corrected chi connectivity index (χ2v) is 4.64. The van der Waals surface area contributed by atoms with Gasteiger partial charge >= 0.3 is 0 Å². The fraction of sp³-hybridized carbons (Fsp3) is 0.643. The third-order valence-electron chi connectivity index (χ3n) is 3.45. The van der Waals surface area contributed by atoms with Crippen molar-refractivity contribution in [1.82, 2.24) is 10.3 Å². The van der Waals surface area contributed by atoms with Gasteiger partial charge in [-0.2, -0.15) is 0 Å². The fourth-order valence-electron chi connectivity index (χ4n) is 2.45. The Hall–Kier alpha value is -0.970. The highest BCUT2D eigenvalue weighted by Gasteiger charge is 2.29. The van der Waals surface area contributed by atoms with Crippen molar-refractivity contribution in [3.05, 3.63) is 30.1 Å². The number of likely N-dealkylation sites (N-methyl/N-ethyl adjacent to an activating group) is 1. The van der Waals surface area contributed by atoms with Crippen molar-refractivity contribution in [3.8, 4) is 0 Å². The number of pyridine rings is 1. The Morgan fingerprint density at radius 3 is 2.78 bits per heavy atom. The summed E-state index contributed by atoms with van der Waals surface area (Å²) in [5.74, 6) is 0.375. The Morgan fingerprint density at radius 2 is 2.17 bits per heavy atom. The quantitative estimate of drug-likeness (QED) is 0.861. The maximum absolute atomic E-state index is 5.83. The average Bonchev–Trinajstić information content (AvgIpc) is 2.46. The first kappa shape index (κ1) is 13.5. The van der Waals surface area contributed by atoms with Gasteiger partial charge in [-0.3, -0.25) is 4.98 Å². The first-order chi connectivity index (χ1) is 8.83. The highest BCUT2D eigenvalue weighted by molar-refractivity contribution is 5.18. The van der Waals surface area contributed by atoms with Crippen molar-refractivity contribution in [2.24, 2.45) is 0 Å². The molecule has 1 aromatic rings. The van der Waals surface area contributed by atoms with Crippen LogP contribution >= 0.6 is 0 Å². The van der Waals surface area contributed by atoms with Crippen LogP contribution in [0.3, 0.4) is 0 Å². The fourth-order valence-corrected chi connectivity index (χ4v) is 2.45. The van der Waals surface area contributed by atoms with E-state index in [1.54, 1.807) is 0 Å². The molecule has 0 spiro atoms. The van der Waals surface area contributed by atoms with E-state index >= 15 is 0 Å². The van der Waals surface area contributed by atoms with Crippen LogP contribution in [0.1, 0.15) is 25.3 Å². The lowest BCUT2D eigenvalue weighted by Gasteiger charge is -2.34. The van der Waals surface area contributed by atoms with E-state index in [2.05, 4.69) is 36.3 Å². The van der Waals surface area contributed by atoms with E-state index in [9.17, 15) is 0 Å². The summed E-state index contributed by atoms with van der Waals surface area (Å²) < 4.78 is 11.4. The number of aromatic nitrogens is 1. The van der Waals surface area contributed by atoms with Crippen LogP contribution in [0.4, 0.5) is 0 Å². The van der Waals surface area contributed by atoms with Crippen LogP contribution in [-0.2, 0) is 9.47 Å². The average molecular weight is 250 g/mol. The molecule has 1 aliphatic heterocycles. The molecule has 0 saturated carbocycles. The molecule has 18 heavy (non-hydrogen) atoms. The maximum atomic E-state index is 5.83. The Balaban J connectivity index is 2.08. The number of nitrogens with zero attached hydrogens (tertiary/aromatic N) is 1. The van der Waals surface area contributed by atoms with Crippen LogP contribution in [0.15, 0.2) is 24.5 Å². The van der Waals surface area contributed by atoms with E-state index in [0.717, 1.165) is 6.54 Å². The van der Waals surface area contributed by atoms with Gasteiger partial charge < -0.3 is 14.8 Å². The SMILES string of the molecule is CCNC(C1COCCO1)C(C)c1ccncc1. The largest absolute Gasteiger partial charge is 0.376 e. The maximum Gasteiger partial charge on any atom is 0.0967 e. The van der Waals surface area contributed by atoms with E-state index in [-0.39, 0.29) is 12.1 Å². The molecule has 1 fully saturated rings. The topological polar surface area (TPSA) is 43.4 Å². The Bertz CT molecular complexity index is 339. The van der Waals surface area contributed by atoms with Crippen molar-refractivity contribution in [2.75, 3.05) is 26.4 Å². The van der Waals surface area contributed by atoms with Crippen LogP contribution in [0.5, 0.6) is 0 Å². The number of nitrogens with one attached hydrogen (secondary N) is 1. The normalized spacial score (nSPS) is 23.6. The second-order valence-electron chi connectivity index (χ2n) is 4.64. The Morgan fingerprint density at radius 1 is 1.39 bits per heavy atom. The molecule has 0 aromatic carbocycles. The number of rotatable bonds is 5. The zero-order chi connectivity index (χ0) is 12.8. The van der Waals surface area contributed by atoms with Gasteiger partial charge in [0.15, 0.2) is 0 Å². The van der Waals surface area contributed by atoms with E-state index in [0.29, 0.717) is 25.7 Å². The van der Waals surface area contributed by atoms with Crippen LogP contribution in [0.25, 0.3) is 0 Å². The molecule has 1 aromatic heterocycles. The molecular formula is C14H22N2O2. The van der Waals surface area contributed by atoms with Crippen molar-refractivity contribution >= 4 is 0 Å². The molecule has 1 saturated heterocycles. The van der Waals surface area contributed by atoms with Gasteiger partial charge in [0, 0.05) is 18.4 Å². The molecule has 3 atom stereocenters. The van der Waals surface area contributed by atoms with Crippen molar-refractivity contribution in [2.45, 2.75) is 31.9 Å². The van der Waals surface area contributed by atoms with Crippen LogP contribution in [-0.4, -0.2) is 43.5 Å². The predicted octanol–water partition coefficient (Wildman–Crippen LogP) is 1.58. The summed E-state index contributed by atoms with van der Waals surface area (Å²) in [6, 6.07) is 4.41. The van der Waals surface area contributed by atoms with Crippen LogP contribution in [0.2, 0.25) is 0 Å². The first-order valence-electron chi connectivity index (χ1n) is 6.65. The molecule has 1 N–H and O–H groups in total. The zero-order valence-corrected chi connectivity index (χ0v) is 11.1. The summed E-state index contributed by atoms with van der Waals surface area (Å²) in [5, 5.41) is 3.53. The summed E-state index contributed by atoms with van der Waals surface area (Å²) in [6.45, 7) is 7.35. The number of hydrogen-bond acceptors (Lipinski definition) is 4. The molecule has 2 heterocycles. The molecule has 3 unspecified atom stereocenters. The lowest BCUT2D eigenvalue weighted by Crippen LogP contribution is -2.49. The summed E-state index contributed by atoms with van der Waals surface area (Å²) in [7, 11) is 0. The lowest BCUT2D eigenvalue weighted by molar-refractivity contribution is -0.104. The van der Waals surface area contributed by atoms with Gasteiger partial charge in [-0.1, -0.05) is 13.8 Å². The highest BCUT2D eigenvalue weighted by Crippen LogP contribution is 2.23. The molecule has 0 radical (unpaired) electrons. The van der Waals surface area contributed by atoms with E-state index in [4.69, 9.17) is 9.47 Å². The Kier molecular flexibility index (Phi) is 5.11. The third kappa shape index (κ3) is 3.28. The number of hydrogen-bond donors (Lipinski definition) is 1. The van der Waals surface area contributed by atoms with Crippen molar-refractivity contribution in [3.63, 3.8) is 0 Å². The molecule has 1 aliphatic rings. The van der Waals surface area contributed by atoms with E-state index in [1.165, 1.54) is 5.56 Å². The van der Waals surface area contributed by atoms with Gasteiger partial charge in [0.05, 0.1) is 25.9 Å². The van der Waals surface area contributed by atoms with Gasteiger partial charge in [-0.05, 0) is 30.2 Å². The third-order valence-corrected chi connectivity index (χ3v) is 3.45. The summed E-state index contributed by atoms with van der Waals surface area (Å²) in [6.07, 6.45) is 3.81. The van der Waals surface area contributed by atoms with Crippen LogP contribution in [0, 0.1) is 0 Å². The molecule has 0 bridgehead atoms. The molecule has 0 aliphatic carbocycles. The smallest absolute Gasteiger partial charge is 0.0967 e. The zero-order valence-electron chi connectivity index (χ0n) is 11.1. The van der Waals surface area contributed by atoms with E-state index in [1.807, 2.05) is 12.4 Å². The minimum Gasteiger partial charge on any atom is -0.376 e. The molecule has 0 amide bonds. The minimum absolute atomic E-state index is 0.127. The second kappa shape index (κ2) is 6.83. The molecule has 2 rings (SSSR count). The monoisotopic (exact) mass is 250 g/mol. The van der Waals surface area contributed by atoms with Crippen molar-refractivity contribution in [1.29, 1.82) is 0 Å². The van der Waals surface area contributed by atoms with Gasteiger partial charge in [0.25, 0.3) is 0 Å². The lowest BCUT2D eigenvalue weighted by atomic mass is 9.90. The molecule has 100 valence electrons. The van der Waals surface area contributed by atoms with Crippen LogP contribution < -0.4 is 5.32 Å². The van der Waals surface area contributed by atoms with Gasteiger partial charge in [0.2, 0.25) is 0 Å². The summed E-state index contributed by atoms with van der Waals surface area (Å²) >= 11 is 0. The first-order valence-corrected chi connectivity index (χ1v) is 6.65. The van der Waals surface area contributed by atoms with Gasteiger partial charge in [-0.15, -0.1) is 0 Å². The highest BCUT2D eigenvalue weighted by atomic mass is 16.6. The predicted molar refractivity (Wildman–Crippen MR) is 70.7 cm³/mol. The Labute approximate surface area is 109 Å². The van der Waals surface area contributed by atoms with Crippen molar-refractivity contribution < 1.29 is 9.47 Å². The van der Waals surface area contributed by atoms with E-state index < -0.39 is 0 Å². The van der Waals surface area contributed by atoms with Gasteiger partial charge in [0.1, 0.15) is 0 Å². The summed E-state index contributed by atoms with van der Waals surface area (Å²) in [5.41, 5.74) is 1.28. The minimum atomic E-state index is 0.127. The molecular weight excluding hydrogens is 228 g/mol. The standard InChI is InChI=1S/C14H22N2O2/c1-3-16-14(13-10-17-8-9-18-13)11(2)12-4-6-15-7-5-12/h4-7,11,13-14,16H,3,8-10H2,1-2H3. The van der Waals surface area contributed by atoms with Gasteiger partial charge in [-0.25, -0.2) is 0 Å². The summed E-state index contributed by atoms with van der Waals surface area (Å²) in [4.78, 5) is 4.07. The molecule has 4 heteroatoms.